The lowest BCUT2D eigenvalue weighted by Gasteiger charge is -2.34. The zero-order chi connectivity index (χ0) is 14.8. The second-order valence-corrected chi connectivity index (χ2v) is 5.67. The van der Waals surface area contributed by atoms with Crippen molar-refractivity contribution in [1.29, 1.82) is 0 Å². The third-order valence-electron chi connectivity index (χ3n) is 4.37. The lowest BCUT2D eigenvalue weighted by atomic mass is 9.99. The van der Waals surface area contributed by atoms with Crippen LogP contribution in [0, 0.1) is 0 Å². The quantitative estimate of drug-likeness (QED) is 0.872. The molecule has 3 rings (SSSR count). The Morgan fingerprint density at radius 1 is 1.32 bits per heavy atom. The van der Waals surface area contributed by atoms with E-state index in [-0.39, 0.29) is 30.3 Å². The minimum Gasteiger partial charge on any atom is -0.384 e. The van der Waals surface area contributed by atoms with E-state index in [4.69, 9.17) is 0 Å². The van der Waals surface area contributed by atoms with E-state index in [1.807, 2.05) is 18.2 Å². The van der Waals surface area contributed by atoms with Gasteiger partial charge in [-0.15, -0.1) is 12.4 Å². The number of hydrogen-bond donors (Lipinski definition) is 2. The molecule has 2 aliphatic rings. The largest absolute Gasteiger partial charge is 0.384 e. The fourth-order valence-corrected chi connectivity index (χ4v) is 3.22. The molecule has 0 bridgehead atoms. The lowest BCUT2D eigenvalue weighted by molar-refractivity contribution is -0.126. The fraction of sp³-hybridized carbons (Fsp3) is 0.500. The van der Waals surface area contributed by atoms with Crippen LogP contribution in [0.3, 0.4) is 0 Å². The van der Waals surface area contributed by atoms with Crippen molar-refractivity contribution < 1.29 is 9.59 Å². The number of likely N-dealkylation sites (tertiary alicyclic amines) is 1. The summed E-state index contributed by atoms with van der Waals surface area (Å²) in [5.74, 6) is -0.0936. The topological polar surface area (TPSA) is 61.4 Å². The van der Waals surface area contributed by atoms with E-state index >= 15 is 0 Å². The van der Waals surface area contributed by atoms with Gasteiger partial charge in [0.1, 0.15) is 6.04 Å². The van der Waals surface area contributed by atoms with Crippen LogP contribution in [0.1, 0.15) is 35.2 Å². The Hall–Kier alpha value is -1.75. The van der Waals surface area contributed by atoms with Crippen molar-refractivity contribution in [2.75, 3.05) is 25.5 Å². The normalized spacial score (nSPS) is 19.7. The Morgan fingerprint density at radius 2 is 2.14 bits per heavy atom. The number of amides is 2. The molecule has 6 heteroatoms. The Labute approximate surface area is 136 Å². The number of carbonyl (C=O) groups is 2. The number of rotatable bonds is 2. The molecule has 1 aromatic carbocycles. The summed E-state index contributed by atoms with van der Waals surface area (Å²) in [5, 5.41) is 5.96. The van der Waals surface area contributed by atoms with E-state index in [1.165, 1.54) is 5.56 Å². The number of anilines is 1. The van der Waals surface area contributed by atoms with E-state index in [0.29, 0.717) is 12.1 Å². The van der Waals surface area contributed by atoms with Crippen LogP contribution >= 0.6 is 12.4 Å². The van der Waals surface area contributed by atoms with Crippen LogP contribution in [0.4, 0.5) is 5.69 Å². The summed E-state index contributed by atoms with van der Waals surface area (Å²) in [5.41, 5.74) is 3.00. The van der Waals surface area contributed by atoms with Gasteiger partial charge in [0.15, 0.2) is 0 Å². The molecule has 2 heterocycles. The van der Waals surface area contributed by atoms with Crippen molar-refractivity contribution in [2.45, 2.75) is 31.7 Å². The molecule has 1 atom stereocenters. The zero-order valence-electron chi connectivity index (χ0n) is 12.7. The molecule has 0 radical (unpaired) electrons. The van der Waals surface area contributed by atoms with Crippen molar-refractivity contribution in [3.05, 3.63) is 29.3 Å². The first-order valence-corrected chi connectivity index (χ1v) is 7.60. The van der Waals surface area contributed by atoms with Gasteiger partial charge in [-0.2, -0.15) is 0 Å². The summed E-state index contributed by atoms with van der Waals surface area (Å²) in [6.07, 6.45) is 3.66. The van der Waals surface area contributed by atoms with Crippen molar-refractivity contribution >= 4 is 29.9 Å². The Kier molecular flexibility index (Phi) is 5.29. The van der Waals surface area contributed by atoms with E-state index in [1.54, 1.807) is 11.9 Å². The number of nitrogens with one attached hydrogen (secondary N) is 2. The van der Waals surface area contributed by atoms with E-state index in [9.17, 15) is 9.59 Å². The standard InChI is InChI=1S/C16H21N3O2.ClH/c1-17-15(20)14-4-2-3-9-19(14)16(21)12-5-6-13-11(10-12)7-8-18-13;/h5-6,10,14,18H,2-4,7-9H2,1H3,(H,17,20);1H. The van der Waals surface area contributed by atoms with Crippen LogP contribution in [0.25, 0.3) is 0 Å². The second kappa shape index (κ2) is 7.01. The third kappa shape index (κ3) is 3.04. The fourth-order valence-electron chi connectivity index (χ4n) is 3.22. The first-order valence-electron chi connectivity index (χ1n) is 7.60. The number of hydrogen-bond acceptors (Lipinski definition) is 3. The maximum atomic E-state index is 12.8. The van der Waals surface area contributed by atoms with Gasteiger partial charge in [0, 0.05) is 31.4 Å². The van der Waals surface area contributed by atoms with Crippen LogP contribution in [-0.2, 0) is 11.2 Å². The molecule has 1 unspecified atom stereocenters. The molecule has 2 amide bonds. The zero-order valence-corrected chi connectivity index (χ0v) is 13.5. The van der Waals surface area contributed by atoms with Gasteiger partial charge >= 0.3 is 0 Å². The van der Waals surface area contributed by atoms with Gasteiger partial charge in [-0.25, -0.2) is 0 Å². The summed E-state index contributed by atoms with van der Waals surface area (Å²) < 4.78 is 0. The number of likely N-dealkylation sites (N-methyl/N-ethyl adjacent to an activating group) is 1. The minimum atomic E-state index is -0.331. The number of carbonyl (C=O) groups excluding carboxylic acids is 2. The molecule has 1 aromatic rings. The van der Waals surface area contributed by atoms with Crippen molar-refractivity contribution in [3.8, 4) is 0 Å². The van der Waals surface area contributed by atoms with Crippen LogP contribution in [0.5, 0.6) is 0 Å². The molecular weight excluding hydrogens is 302 g/mol. The first-order chi connectivity index (χ1) is 10.2. The molecule has 2 N–H and O–H groups in total. The highest BCUT2D eigenvalue weighted by atomic mass is 35.5. The number of benzene rings is 1. The summed E-state index contributed by atoms with van der Waals surface area (Å²) in [7, 11) is 1.63. The van der Waals surface area contributed by atoms with Gasteiger partial charge in [0.25, 0.3) is 5.91 Å². The third-order valence-corrected chi connectivity index (χ3v) is 4.37. The van der Waals surface area contributed by atoms with E-state index in [2.05, 4.69) is 10.6 Å². The van der Waals surface area contributed by atoms with Crippen LogP contribution in [0.2, 0.25) is 0 Å². The molecule has 22 heavy (non-hydrogen) atoms. The lowest BCUT2D eigenvalue weighted by Crippen LogP contribution is -2.51. The molecule has 2 aliphatic heterocycles. The van der Waals surface area contributed by atoms with Crippen molar-refractivity contribution in [1.82, 2.24) is 10.2 Å². The van der Waals surface area contributed by atoms with Crippen LogP contribution < -0.4 is 10.6 Å². The van der Waals surface area contributed by atoms with Gasteiger partial charge < -0.3 is 15.5 Å². The molecule has 5 nitrogen and oxygen atoms in total. The van der Waals surface area contributed by atoms with E-state index in [0.717, 1.165) is 37.9 Å². The summed E-state index contributed by atoms with van der Waals surface area (Å²) in [6.45, 7) is 1.59. The molecule has 0 spiro atoms. The maximum absolute atomic E-state index is 12.8. The molecular formula is C16H22ClN3O2. The van der Waals surface area contributed by atoms with Gasteiger partial charge in [-0.05, 0) is 49.4 Å². The number of fused-ring (bicyclic) bond motifs is 1. The van der Waals surface area contributed by atoms with E-state index < -0.39 is 0 Å². The molecule has 0 aromatic heterocycles. The monoisotopic (exact) mass is 323 g/mol. The van der Waals surface area contributed by atoms with Gasteiger partial charge in [0.05, 0.1) is 0 Å². The van der Waals surface area contributed by atoms with Crippen molar-refractivity contribution in [2.24, 2.45) is 0 Å². The van der Waals surface area contributed by atoms with Crippen molar-refractivity contribution in [3.63, 3.8) is 0 Å². The molecule has 1 fully saturated rings. The van der Waals surface area contributed by atoms with Crippen LogP contribution in [0.15, 0.2) is 18.2 Å². The average Bonchev–Trinajstić information content (AvgIpc) is 3.01. The predicted molar refractivity (Wildman–Crippen MR) is 88.6 cm³/mol. The maximum Gasteiger partial charge on any atom is 0.254 e. The molecule has 0 aliphatic carbocycles. The molecule has 0 saturated carbocycles. The van der Waals surface area contributed by atoms with Crippen LogP contribution in [-0.4, -0.2) is 42.9 Å². The highest BCUT2D eigenvalue weighted by molar-refractivity contribution is 5.98. The van der Waals surface area contributed by atoms with Gasteiger partial charge in [-0.1, -0.05) is 0 Å². The highest BCUT2D eigenvalue weighted by Gasteiger charge is 2.32. The smallest absolute Gasteiger partial charge is 0.254 e. The SMILES string of the molecule is CNC(=O)C1CCCCN1C(=O)c1ccc2c(c1)CCN2.Cl. The van der Waals surface area contributed by atoms with Gasteiger partial charge in [0.2, 0.25) is 5.91 Å². The summed E-state index contributed by atoms with van der Waals surface area (Å²) in [4.78, 5) is 26.5. The predicted octanol–water partition coefficient (Wildman–Crippen LogP) is 1.82. The molecule has 120 valence electrons. The highest BCUT2D eigenvalue weighted by Crippen LogP contribution is 2.25. The summed E-state index contributed by atoms with van der Waals surface area (Å²) in [6, 6.07) is 5.46. The Balaban J connectivity index is 0.00000176. The Bertz CT molecular complexity index is 577. The van der Waals surface area contributed by atoms with Gasteiger partial charge in [-0.3, -0.25) is 9.59 Å². The first kappa shape index (κ1) is 16.6. The Morgan fingerprint density at radius 3 is 2.91 bits per heavy atom. The average molecular weight is 324 g/mol. The number of nitrogens with zero attached hydrogens (tertiary/aromatic N) is 1. The molecule has 1 saturated heterocycles. The number of piperidine rings is 1. The minimum absolute atomic E-state index is 0. The second-order valence-electron chi connectivity index (χ2n) is 5.67. The number of halogens is 1. The summed E-state index contributed by atoms with van der Waals surface area (Å²) >= 11 is 0.